The van der Waals surface area contributed by atoms with Gasteiger partial charge in [-0.05, 0) is 6.92 Å². The fraction of sp³-hybridized carbons (Fsp3) is 0.600. The summed E-state index contributed by atoms with van der Waals surface area (Å²) in [5.74, 6) is -0.201. The lowest BCUT2D eigenvalue weighted by Gasteiger charge is -2.04. The predicted molar refractivity (Wildman–Crippen MR) is 30.0 cm³/mol. The lowest BCUT2D eigenvalue weighted by molar-refractivity contribution is -0.129. The predicted octanol–water partition coefficient (Wildman–Crippen LogP) is -0.0709. The first kappa shape index (κ1) is 7.43. The van der Waals surface area contributed by atoms with Crippen molar-refractivity contribution in [2.24, 2.45) is 0 Å². The van der Waals surface area contributed by atoms with Gasteiger partial charge in [0.25, 0.3) is 0 Å². The van der Waals surface area contributed by atoms with Crippen molar-refractivity contribution in [2.75, 3.05) is 7.11 Å². The third-order valence-electron chi connectivity index (χ3n) is 0.897. The topological polar surface area (TPSA) is 38.3 Å². The molecule has 1 amide bonds. The summed E-state index contributed by atoms with van der Waals surface area (Å²) in [5, 5.41) is 2.20. The zero-order valence-electron chi connectivity index (χ0n) is 5.10. The van der Waals surface area contributed by atoms with Crippen LogP contribution in [0, 0.1) is 7.05 Å². The first-order chi connectivity index (χ1) is 3.72. The van der Waals surface area contributed by atoms with Crippen LogP contribution in [0.3, 0.4) is 0 Å². The van der Waals surface area contributed by atoms with Crippen molar-refractivity contribution in [3.8, 4) is 0 Å². The third kappa shape index (κ3) is 1.93. The van der Waals surface area contributed by atoms with Crippen LogP contribution in [0.25, 0.3) is 0 Å². The zero-order chi connectivity index (χ0) is 6.57. The molecule has 0 rings (SSSR count). The van der Waals surface area contributed by atoms with Crippen molar-refractivity contribution in [1.29, 1.82) is 0 Å². The Morgan fingerprint density at radius 1 is 1.88 bits per heavy atom. The van der Waals surface area contributed by atoms with E-state index in [1.165, 1.54) is 7.11 Å². The van der Waals surface area contributed by atoms with E-state index in [1.807, 2.05) is 0 Å². The second-order valence-corrected chi connectivity index (χ2v) is 1.42. The molecule has 1 radical (unpaired) electrons. The minimum atomic E-state index is -0.396. The van der Waals surface area contributed by atoms with E-state index in [9.17, 15) is 4.79 Å². The fourth-order valence-corrected chi connectivity index (χ4v) is 0.251. The summed E-state index contributed by atoms with van der Waals surface area (Å²) < 4.78 is 4.65. The van der Waals surface area contributed by atoms with Gasteiger partial charge in [0.2, 0.25) is 5.91 Å². The summed E-state index contributed by atoms with van der Waals surface area (Å²) in [6.45, 7) is 1.65. The molecule has 0 fully saturated rings. The molecule has 1 atom stereocenters. The Balaban J connectivity index is 3.46. The van der Waals surface area contributed by atoms with Gasteiger partial charge in [0.05, 0.1) is 0 Å². The van der Waals surface area contributed by atoms with Crippen molar-refractivity contribution >= 4 is 5.91 Å². The molecule has 0 aliphatic rings. The van der Waals surface area contributed by atoms with Gasteiger partial charge in [0.15, 0.2) is 0 Å². The summed E-state index contributed by atoms with van der Waals surface area (Å²) in [6.07, 6.45) is -0.396. The Labute approximate surface area is 49.0 Å². The minimum absolute atomic E-state index is 0.201. The van der Waals surface area contributed by atoms with Crippen LogP contribution in [0.5, 0.6) is 0 Å². The van der Waals surface area contributed by atoms with Gasteiger partial charge in [0.1, 0.15) is 6.10 Å². The highest BCUT2D eigenvalue weighted by molar-refractivity contribution is 5.80. The SMILES string of the molecule is [CH2]NC(=O)C(C)OC. The van der Waals surface area contributed by atoms with Gasteiger partial charge in [0, 0.05) is 14.2 Å². The molecule has 0 saturated carbocycles. The van der Waals surface area contributed by atoms with Crippen LogP contribution >= 0.6 is 0 Å². The minimum Gasteiger partial charge on any atom is -0.372 e. The van der Waals surface area contributed by atoms with Crippen molar-refractivity contribution in [3.05, 3.63) is 7.05 Å². The molecule has 3 heteroatoms. The monoisotopic (exact) mass is 116 g/mol. The van der Waals surface area contributed by atoms with Gasteiger partial charge in [-0.15, -0.1) is 0 Å². The second-order valence-electron chi connectivity index (χ2n) is 1.42. The van der Waals surface area contributed by atoms with Crippen molar-refractivity contribution in [2.45, 2.75) is 13.0 Å². The maximum Gasteiger partial charge on any atom is 0.248 e. The summed E-state index contributed by atoms with van der Waals surface area (Å²) in [6, 6.07) is 0. The molecule has 1 N–H and O–H groups in total. The number of amides is 1. The van der Waals surface area contributed by atoms with E-state index in [0.29, 0.717) is 0 Å². The van der Waals surface area contributed by atoms with Gasteiger partial charge in [-0.25, -0.2) is 0 Å². The number of ether oxygens (including phenoxy) is 1. The standard InChI is InChI=1S/C5H10NO2/c1-4(8-3)5(7)6-2/h4H,2H2,1,3H3,(H,6,7). The van der Waals surface area contributed by atoms with Gasteiger partial charge < -0.3 is 10.1 Å². The van der Waals surface area contributed by atoms with Crippen molar-refractivity contribution in [3.63, 3.8) is 0 Å². The molecule has 1 unspecified atom stereocenters. The van der Waals surface area contributed by atoms with E-state index >= 15 is 0 Å². The highest BCUT2D eigenvalue weighted by Crippen LogP contribution is 1.84. The van der Waals surface area contributed by atoms with Gasteiger partial charge in [-0.3, -0.25) is 4.79 Å². The average Bonchev–Trinajstić information content (AvgIpc) is 1.84. The van der Waals surface area contributed by atoms with E-state index < -0.39 is 6.10 Å². The number of hydrogen-bond acceptors (Lipinski definition) is 2. The quantitative estimate of drug-likeness (QED) is 0.548. The molecule has 0 aliphatic heterocycles. The number of rotatable bonds is 2. The summed E-state index contributed by atoms with van der Waals surface area (Å²) in [7, 11) is 4.65. The Hall–Kier alpha value is -0.570. The molecule has 0 bridgehead atoms. The van der Waals surface area contributed by atoms with Crippen LogP contribution in [-0.4, -0.2) is 19.1 Å². The Morgan fingerprint density at radius 2 is 2.38 bits per heavy atom. The number of methoxy groups -OCH3 is 1. The van der Waals surface area contributed by atoms with Crippen LogP contribution in [0.2, 0.25) is 0 Å². The largest absolute Gasteiger partial charge is 0.372 e. The molecule has 3 nitrogen and oxygen atoms in total. The van der Waals surface area contributed by atoms with Crippen LogP contribution in [-0.2, 0) is 9.53 Å². The fourth-order valence-electron chi connectivity index (χ4n) is 0.251. The van der Waals surface area contributed by atoms with Crippen LogP contribution in [0.1, 0.15) is 6.92 Å². The van der Waals surface area contributed by atoms with Gasteiger partial charge in [-0.1, -0.05) is 0 Å². The van der Waals surface area contributed by atoms with Gasteiger partial charge in [-0.2, -0.15) is 0 Å². The Morgan fingerprint density at radius 3 is 2.50 bits per heavy atom. The molecule has 8 heavy (non-hydrogen) atoms. The normalized spacial score (nSPS) is 12.9. The van der Waals surface area contributed by atoms with E-state index in [2.05, 4.69) is 17.1 Å². The second kappa shape index (κ2) is 3.43. The molecular weight excluding hydrogens is 106 g/mol. The summed E-state index contributed by atoms with van der Waals surface area (Å²) >= 11 is 0. The number of nitrogens with one attached hydrogen (secondary N) is 1. The molecule has 0 heterocycles. The zero-order valence-corrected chi connectivity index (χ0v) is 5.10. The van der Waals surface area contributed by atoms with Crippen LogP contribution in [0.15, 0.2) is 0 Å². The van der Waals surface area contributed by atoms with E-state index in [0.717, 1.165) is 0 Å². The average molecular weight is 116 g/mol. The molecule has 0 aromatic rings. The molecule has 47 valence electrons. The van der Waals surface area contributed by atoms with E-state index in [-0.39, 0.29) is 5.91 Å². The lowest BCUT2D eigenvalue weighted by Crippen LogP contribution is -2.29. The first-order valence-corrected chi connectivity index (χ1v) is 2.32. The number of hydrogen-bond donors (Lipinski definition) is 1. The summed E-state index contributed by atoms with van der Waals surface area (Å²) in [5.41, 5.74) is 0. The third-order valence-corrected chi connectivity index (χ3v) is 0.897. The summed E-state index contributed by atoms with van der Waals surface area (Å²) in [4.78, 5) is 10.4. The molecule has 0 aliphatic carbocycles. The van der Waals surface area contributed by atoms with E-state index in [4.69, 9.17) is 0 Å². The smallest absolute Gasteiger partial charge is 0.248 e. The Kier molecular flexibility index (Phi) is 3.19. The van der Waals surface area contributed by atoms with E-state index in [1.54, 1.807) is 6.92 Å². The maximum atomic E-state index is 10.4. The molecule has 0 spiro atoms. The first-order valence-electron chi connectivity index (χ1n) is 2.32. The highest BCUT2D eigenvalue weighted by atomic mass is 16.5. The van der Waals surface area contributed by atoms with Crippen LogP contribution < -0.4 is 5.32 Å². The molecular formula is C5H10NO2. The number of carbonyl (C=O) groups excluding carboxylic acids is 1. The van der Waals surface area contributed by atoms with Crippen molar-refractivity contribution in [1.82, 2.24) is 5.32 Å². The van der Waals surface area contributed by atoms with Crippen LogP contribution in [0.4, 0.5) is 0 Å². The van der Waals surface area contributed by atoms with Crippen molar-refractivity contribution < 1.29 is 9.53 Å². The Bertz CT molecular complexity index is 82.5. The van der Waals surface area contributed by atoms with Gasteiger partial charge >= 0.3 is 0 Å². The molecule has 0 aromatic carbocycles. The molecule has 0 aromatic heterocycles. The highest BCUT2D eigenvalue weighted by Gasteiger charge is 2.06. The maximum absolute atomic E-state index is 10.4. The molecule has 0 saturated heterocycles. The number of carbonyl (C=O) groups is 1. The lowest BCUT2D eigenvalue weighted by atomic mass is 10.4.